The van der Waals surface area contributed by atoms with E-state index < -0.39 is 9.84 Å². The third-order valence-corrected chi connectivity index (χ3v) is 5.31. The molecule has 96 valence electrons. The van der Waals surface area contributed by atoms with Gasteiger partial charge in [0.25, 0.3) is 0 Å². The summed E-state index contributed by atoms with van der Waals surface area (Å²) in [5.41, 5.74) is 1.14. The maximum absolute atomic E-state index is 12.1. The molecule has 0 bridgehead atoms. The molecule has 0 spiro atoms. The lowest BCUT2D eigenvalue weighted by molar-refractivity contribution is 0.595. The minimum Gasteiger partial charge on any atom is -0.249 e. The number of nitrogens with zero attached hydrogens (tertiary/aromatic N) is 1. The molecule has 0 atom stereocenters. The topological polar surface area (TPSA) is 47.0 Å². The number of aromatic nitrogens is 1. The van der Waals surface area contributed by atoms with Gasteiger partial charge >= 0.3 is 0 Å². The van der Waals surface area contributed by atoms with Crippen LogP contribution in [0.2, 0.25) is 0 Å². The van der Waals surface area contributed by atoms with Gasteiger partial charge in [-0.2, -0.15) is 0 Å². The van der Waals surface area contributed by atoms with Gasteiger partial charge in [-0.05, 0) is 23.6 Å². The molecule has 1 aromatic heterocycles. The zero-order valence-electron chi connectivity index (χ0n) is 10.3. The highest BCUT2D eigenvalue weighted by Crippen LogP contribution is 2.21. The molecule has 0 fully saturated rings. The Labute approximate surface area is 111 Å². The summed E-state index contributed by atoms with van der Waals surface area (Å²) in [6.07, 6.45) is 1.62. The van der Waals surface area contributed by atoms with Crippen LogP contribution in [-0.2, 0) is 15.6 Å². The minimum absolute atomic E-state index is 0.0221. The molecule has 0 saturated heterocycles. The van der Waals surface area contributed by atoms with E-state index in [2.05, 4.69) is 18.8 Å². The Hall–Kier alpha value is -1.20. The summed E-state index contributed by atoms with van der Waals surface area (Å²) < 4.78 is 24.3. The molecule has 1 aromatic carbocycles. The summed E-state index contributed by atoms with van der Waals surface area (Å²) in [6, 6.07) is 7.11. The molecule has 2 rings (SSSR count). The zero-order valence-corrected chi connectivity index (χ0v) is 12.0. The van der Waals surface area contributed by atoms with E-state index in [1.54, 1.807) is 23.7 Å². The Balaban J connectivity index is 2.25. The highest BCUT2D eigenvalue weighted by molar-refractivity contribution is 7.90. The monoisotopic (exact) mass is 281 g/mol. The van der Waals surface area contributed by atoms with Crippen LogP contribution in [0.3, 0.4) is 0 Å². The molecule has 0 radical (unpaired) electrons. The van der Waals surface area contributed by atoms with E-state index in [4.69, 9.17) is 0 Å². The van der Waals surface area contributed by atoms with Gasteiger partial charge in [0.2, 0.25) is 0 Å². The van der Waals surface area contributed by atoms with Crippen LogP contribution in [0.25, 0.3) is 0 Å². The molecule has 0 aliphatic rings. The SMILES string of the molecule is CC(C)c1ccc(S(=O)(=O)Cc2nccs2)cc1. The van der Waals surface area contributed by atoms with E-state index in [9.17, 15) is 8.42 Å². The molecule has 0 unspecified atom stereocenters. The largest absolute Gasteiger partial charge is 0.249 e. The quantitative estimate of drug-likeness (QED) is 0.864. The number of hydrogen-bond donors (Lipinski definition) is 0. The molecular weight excluding hydrogens is 266 g/mol. The van der Waals surface area contributed by atoms with Crippen molar-refractivity contribution in [3.05, 3.63) is 46.4 Å². The molecule has 18 heavy (non-hydrogen) atoms. The number of rotatable bonds is 4. The first-order valence-corrected chi connectivity index (χ1v) is 8.23. The van der Waals surface area contributed by atoms with E-state index in [1.807, 2.05) is 12.1 Å². The fourth-order valence-corrected chi connectivity index (χ4v) is 3.89. The number of thiazole rings is 1. The van der Waals surface area contributed by atoms with Gasteiger partial charge in [-0.15, -0.1) is 11.3 Å². The first-order chi connectivity index (χ1) is 8.49. The second kappa shape index (κ2) is 5.20. The van der Waals surface area contributed by atoms with Gasteiger partial charge in [-0.25, -0.2) is 13.4 Å². The number of sulfone groups is 1. The van der Waals surface area contributed by atoms with E-state index in [0.29, 0.717) is 15.8 Å². The van der Waals surface area contributed by atoms with Crippen molar-refractivity contribution in [1.82, 2.24) is 4.98 Å². The molecular formula is C13H15NO2S2. The first-order valence-electron chi connectivity index (χ1n) is 5.70. The van der Waals surface area contributed by atoms with Crippen molar-refractivity contribution in [2.24, 2.45) is 0 Å². The second-order valence-corrected chi connectivity index (χ2v) is 7.38. The van der Waals surface area contributed by atoms with Crippen molar-refractivity contribution in [2.75, 3.05) is 0 Å². The van der Waals surface area contributed by atoms with Crippen LogP contribution < -0.4 is 0 Å². The average Bonchev–Trinajstić information content (AvgIpc) is 2.81. The van der Waals surface area contributed by atoms with Crippen molar-refractivity contribution in [3.63, 3.8) is 0 Å². The fraction of sp³-hybridized carbons (Fsp3) is 0.308. The summed E-state index contributed by atoms with van der Waals surface area (Å²) >= 11 is 1.36. The minimum atomic E-state index is -3.28. The maximum atomic E-state index is 12.1. The molecule has 3 nitrogen and oxygen atoms in total. The Morgan fingerprint density at radius 2 is 1.89 bits per heavy atom. The fourth-order valence-electron chi connectivity index (χ4n) is 1.63. The van der Waals surface area contributed by atoms with Crippen LogP contribution in [-0.4, -0.2) is 13.4 Å². The van der Waals surface area contributed by atoms with Crippen LogP contribution in [0.15, 0.2) is 40.7 Å². The summed E-state index contributed by atoms with van der Waals surface area (Å²) in [6.45, 7) is 4.16. The summed E-state index contributed by atoms with van der Waals surface area (Å²) in [4.78, 5) is 4.38. The predicted octanol–water partition coefficient (Wildman–Crippen LogP) is 3.24. The van der Waals surface area contributed by atoms with Crippen molar-refractivity contribution in [1.29, 1.82) is 0 Å². The van der Waals surface area contributed by atoms with Gasteiger partial charge in [0, 0.05) is 11.6 Å². The highest BCUT2D eigenvalue weighted by Gasteiger charge is 2.16. The molecule has 2 aromatic rings. The van der Waals surface area contributed by atoms with Crippen molar-refractivity contribution < 1.29 is 8.42 Å². The molecule has 0 N–H and O–H groups in total. The third kappa shape index (κ3) is 2.97. The van der Waals surface area contributed by atoms with Crippen LogP contribution in [0, 0.1) is 0 Å². The molecule has 5 heteroatoms. The lowest BCUT2D eigenvalue weighted by Gasteiger charge is -2.07. The smallest absolute Gasteiger partial charge is 0.184 e. The number of hydrogen-bond acceptors (Lipinski definition) is 4. The maximum Gasteiger partial charge on any atom is 0.184 e. The van der Waals surface area contributed by atoms with Crippen LogP contribution >= 0.6 is 11.3 Å². The summed E-state index contributed by atoms with van der Waals surface area (Å²) in [7, 11) is -3.28. The van der Waals surface area contributed by atoms with Gasteiger partial charge in [0.1, 0.15) is 10.8 Å². The van der Waals surface area contributed by atoms with Gasteiger partial charge in [0.05, 0.1) is 4.90 Å². The Kier molecular flexibility index (Phi) is 3.82. The Morgan fingerprint density at radius 3 is 2.39 bits per heavy atom. The molecule has 1 heterocycles. The molecule has 0 saturated carbocycles. The van der Waals surface area contributed by atoms with Gasteiger partial charge in [0.15, 0.2) is 9.84 Å². The predicted molar refractivity (Wildman–Crippen MR) is 73.5 cm³/mol. The molecule has 0 aliphatic carbocycles. The van der Waals surface area contributed by atoms with E-state index in [1.165, 1.54) is 11.3 Å². The van der Waals surface area contributed by atoms with Crippen molar-refractivity contribution >= 4 is 21.2 Å². The zero-order chi connectivity index (χ0) is 13.2. The first kappa shape index (κ1) is 13.2. The Morgan fingerprint density at radius 1 is 1.22 bits per heavy atom. The van der Waals surface area contributed by atoms with E-state index >= 15 is 0 Å². The molecule has 0 amide bonds. The normalized spacial score (nSPS) is 11.9. The van der Waals surface area contributed by atoms with Crippen LogP contribution in [0.5, 0.6) is 0 Å². The summed E-state index contributed by atoms with van der Waals surface area (Å²) in [5, 5.41) is 2.41. The Bertz CT molecular complexity index is 599. The third-order valence-electron chi connectivity index (χ3n) is 2.70. The van der Waals surface area contributed by atoms with E-state index in [-0.39, 0.29) is 5.75 Å². The van der Waals surface area contributed by atoms with Gasteiger partial charge in [-0.3, -0.25) is 0 Å². The van der Waals surface area contributed by atoms with Crippen molar-refractivity contribution in [2.45, 2.75) is 30.4 Å². The van der Waals surface area contributed by atoms with Gasteiger partial charge in [-0.1, -0.05) is 26.0 Å². The van der Waals surface area contributed by atoms with E-state index in [0.717, 1.165) is 5.56 Å². The molecule has 0 aliphatic heterocycles. The van der Waals surface area contributed by atoms with Crippen LogP contribution in [0.1, 0.15) is 30.3 Å². The van der Waals surface area contributed by atoms with Crippen LogP contribution in [0.4, 0.5) is 0 Å². The second-order valence-electron chi connectivity index (χ2n) is 4.41. The standard InChI is InChI=1S/C13H15NO2S2/c1-10(2)11-3-5-12(6-4-11)18(15,16)9-13-14-7-8-17-13/h3-8,10H,9H2,1-2H3. The lowest BCUT2D eigenvalue weighted by atomic mass is 10.0. The van der Waals surface area contributed by atoms with Gasteiger partial charge < -0.3 is 0 Å². The highest BCUT2D eigenvalue weighted by atomic mass is 32.2. The van der Waals surface area contributed by atoms with Crippen molar-refractivity contribution in [3.8, 4) is 0 Å². The lowest BCUT2D eigenvalue weighted by Crippen LogP contribution is -2.04. The summed E-state index contributed by atoms with van der Waals surface area (Å²) in [5.74, 6) is 0.381. The average molecular weight is 281 g/mol. The number of benzene rings is 1.